The molecule has 1 amide bonds. The summed E-state index contributed by atoms with van der Waals surface area (Å²) in [6.07, 6.45) is 6.29. The highest BCUT2D eigenvalue weighted by Gasteiger charge is 2.17. The molecular formula is C21H34N2O2. The van der Waals surface area contributed by atoms with Crippen LogP contribution < -0.4 is 4.74 Å². The van der Waals surface area contributed by atoms with Crippen LogP contribution in [0.25, 0.3) is 0 Å². The number of ether oxygens (including phenoxy) is 1. The zero-order valence-corrected chi connectivity index (χ0v) is 16.2. The molecule has 0 radical (unpaired) electrons. The van der Waals surface area contributed by atoms with Gasteiger partial charge in [0.2, 0.25) is 5.91 Å². The third kappa shape index (κ3) is 6.35. The molecule has 1 unspecified atom stereocenters. The highest BCUT2D eigenvalue weighted by Crippen LogP contribution is 2.15. The molecule has 0 aromatic heterocycles. The number of likely N-dealkylation sites (N-methyl/N-ethyl adjacent to an activating group) is 1. The molecule has 0 N–H and O–H groups in total. The smallest absolute Gasteiger partial charge is 0.222 e. The van der Waals surface area contributed by atoms with E-state index in [2.05, 4.69) is 35.8 Å². The van der Waals surface area contributed by atoms with E-state index in [-0.39, 0.29) is 0 Å². The van der Waals surface area contributed by atoms with Gasteiger partial charge in [-0.1, -0.05) is 19.1 Å². The average Bonchev–Trinajstić information content (AvgIpc) is 2.66. The molecule has 140 valence electrons. The molecule has 4 heteroatoms. The monoisotopic (exact) mass is 346 g/mol. The minimum Gasteiger partial charge on any atom is -0.497 e. The molecule has 4 nitrogen and oxygen atoms in total. The van der Waals surface area contributed by atoms with Gasteiger partial charge in [0.05, 0.1) is 7.11 Å². The van der Waals surface area contributed by atoms with Crippen LogP contribution in [0.2, 0.25) is 0 Å². The van der Waals surface area contributed by atoms with Gasteiger partial charge in [0, 0.05) is 25.6 Å². The quantitative estimate of drug-likeness (QED) is 0.683. The summed E-state index contributed by atoms with van der Waals surface area (Å²) in [5.74, 6) is 1.25. The molecule has 0 saturated carbocycles. The Balaban J connectivity index is 1.74. The normalized spacial score (nSPS) is 16.1. The lowest BCUT2D eigenvalue weighted by Crippen LogP contribution is -2.38. The fourth-order valence-corrected chi connectivity index (χ4v) is 3.66. The zero-order chi connectivity index (χ0) is 18.1. The van der Waals surface area contributed by atoms with Crippen molar-refractivity contribution in [3.05, 3.63) is 29.8 Å². The van der Waals surface area contributed by atoms with Gasteiger partial charge in [0.25, 0.3) is 0 Å². The molecule has 1 aromatic rings. The number of benzene rings is 1. The molecule has 25 heavy (non-hydrogen) atoms. The maximum atomic E-state index is 12.3. The summed E-state index contributed by atoms with van der Waals surface area (Å²) in [5, 5.41) is 0. The summed E-state index contributed by atoms with van der Waals surface area (Å²) < 4.78 is 5.22. The van der Waals surface area contributed by atoms with Crippen molar-refractivity contribution in [3.8, 4) is 5.75 Å². The summed E-state index contributed by atoms with van der Waals surface area (Å²) in [4.78, 5) is 16.8. The highest BCUT2D eigenvalue weighted by molar-refractivity contribution is 5.76. The van der Waals surface area contributed by atoms with Crippen LogP contribution in [0.15, 0.2) is 24.3 Å². The Bertz CT molecular complexity index is 509. The topological polar surface area (TPSA) is 32.8 Å². The van der Waals surface area contributed by atoms with Crippen LogP contribution in [0.4, 0.5) is 0 Å². The van der Waals surface area contributed by atoms with Crippen LogP contribution in [0.5, 0.6) is 5.75 Å². The second-order valence-corrected chi connectivity index (χ2v) is 7.07. The Morgan fingerprint density at radius 1 is 1.20 bits per heavy atom. The van der Waals surface area contributed by atoms with Crippen molar-refractivity contribution < 1.29 is 9.53 Å². The first-order valence-electron chi connectivity index (χ1n) is 9.78. The van der Waals surface area contributed by atoms with E-state index in [1.165, 1.54) is 24.8 Å². The van der Waals surface area contributed by atoms with Gasteiger partial charge < -0.3 is 14.5 Å². The summed E-state index contributed by atoms with van der Waals surface area (Å²) in [6.45, 7) is 8.42. The first-order chi connectivity index (χ1) is 12.1. The second-order valence-electron chi connectivity index (χ2n) is 7.07. The third-order valence-electron chi connectivity index (χ3n) is 5.26. The van der Waals surface area contributed by atoms with Gasteiger partial charge in [0.15, 0.2) is 0 Å². The second kappa shape index (κ2) is 10.4. The van der Waals surface area contributed by atoms with Crippen LogP contribution in [0.1, 0.15) is 51.5 Å². The number of carbonyl (C=O) groups is 1. The minimum absolute atomic E-state index is 0.346. The first-order valence-corrected chi connectivity index (χ1v) is 9.78. The van der Waals surface area contributed by atoms with Crippen molar-refractivity contribution in [3.63, 3.8) is 0 Å². The van der Waals surface area contributed by atoms with E-state index in [1.54, 1.807) is 7.11 Å². The minimum atomic E-state index is 0.346. The lowest BCUT2D eigenvalue weighted by Gasteiger charge is -2.29. The van der Waals surface area contributed by atoms with Crippen LogP contribution in [0, 0.1) is 0 Å². The van der Waals surface area contributed by atoms with Crippen LogP contribution in [-0.4, -0.2) is 55.0 Å². The van der Waals surface area contributed by atoms with Gasteiger partial charge in [0.1, 0.15) is 5.75 Å². The summed E-state index contributed by atoms with van der Waals surface area (Å²) in [6, 6.07) is 8.81. The SMILES string of the molecule is CCN(CCCC(=O)N1CCCCC1)C(C)Cc1ccc(OC)cc1. The summed E-state index contributed by atoms with van der Waals surface area (Å²) in [5.41, 5.74) is 1.33. The lowest BCUT2D eigenvalue weighted by molar-refractivity contribution is -0.132. The average molecular weight is 347 g/mol. The van der Waals surface area contributed by atoms with E-state index < -0.39 is 0 Å². The largest absolute Gasteiger partial charge is 0.497 e. The van der Waals surface area contributed by atoms with Crippen LogP contribution >= 0.6 is 0 Å². The Kier molecular flexibility index (Phi) is 8.26. The standard InChI is InChI=1S/C21H34N2O2/c1-4-22(16-8-9-21(24)23-14-6-5-7-15-23)18(2)17-19-10-12-20(25-3)13-11-19/h10-13,18H,4-9,14-17H2,1-3H3. The number of methoxy groups -OCH3 is 1. The zero-order valence-electron chi connectivity index (χ0n) is 16.2. The van der Waals surface area contributed by atoms with Gasteiger partial charge in [-0.15, -0.1) is 0 Å². The number of likely N-dealkylation sites (tertiary alicyclic amines) is 1. The van der Waals surface area contributed by atoms with Gasteiger partial charge in [-0.2, -0.15) is 0 Å². The predicted octanol–water partition coefficient (Wildman–Crippen LogP) is 3.74. The summed E-state index contributed by atoms with van der Waals surface area (Å²) in [7, 11) is 1.70. The van der Waals surface area contributed by atoms with E-state index >= 15 is 0 Å². The number of piperidine rings is 1. The maximum absolute atomic E-state index is 12.3. The molecular weight excluding hydrogens is 312 g/mol. The number of amides is 1. The van der Waals surface area contributed by atoms with E-state index in [1.807, 2.05) is 12.1 Å². The fourth-order valence-electron chi connectivity index (χ4n) is 3.66. The van der Waals surface area contributed by atoms with Crippen molar-refractivity contribution >= 4 is 5.91 Å². The molecule has 0 aliphatic carbocycles. The van der Waals surface area contributed by atoms with Crippen molar-refractivity contribution in [2.45, 2.75) is 58.4 Å². The molecule has 2 rings (SSSR count). The first kappa shape index (κ1) is 19.8. The third-order valence-corrected chi connectivity index (χ3v) is 5.26. The lowest BCUT2D eigenvalue weighted by atomic mass is 10.1. The Labute approximate surface area is 153 Å². The number of carbonyl (C=O) groups excluding carboxylic acids is 1. The van der Waals surface area contributed by atoms with Gasteiger partial charge in [-0.25, -0.2) is 0 Å². The molecule has 1 aliphatic rings. The predicted molar refractivity (Wildman–Crippen MR) is 103 cm³/mol. The molecule has 0 bridgehead atoms. The molecule has 0 spiro atoms. The number of rotatable bonds is 9. The Morgan fingerprint density at radius 3 is 2.48 bits per heavy atom. The van der Waals surface area contributed by atoms with Gasteiger partial charge >= 0.3 is 0 Å². The highest BCUT2D eigenvalue weighted by atomic mass is 16.5. The van der Waals surface area contributed by atoms with Crippen molar-refractivity contribution in [2.75, 3.05) is 33.3 Å². The summed E-state index contributed by atoms with van der Waals surface area (Å²) >= 11 is 0. The number of hydrogen-bond acceptors (Lipinski definition) is 3. The van der Waals surface area contributed by atoms with Crippen molar-refractivity contribution in [2.24, 2.45) is 0 Å². The molecule has 1 saturated heterocycles. The van der Waals surface area contributed by atoms with Crippen molar-refractivity contribution in [1.82, 2.24) is 9.80 Å². The fraction of sp³-hybridized carbons (Fsp3) is 0.667. The van der Waals surface area contributed by atoms with E-state index in [0.29, 0.717) is 18.4 Å². The van der Waals surface area contributed by atoms with E-state index in [9.17, 15) is 4.79 Å². The van der Waals surface area contributed by atoms with Gasteiger partial charge in [-0.3, -0.25) is 4.79 Å². The van der Waals surface area contributed by atoms with E-state index in [0.717, 1.165) is 44.8 Å². The van der Waals surface area contributed by atoms with Crippen LogP contribution in [-0.2, 0) is 11.2 Å². The maximum Gasteiger partial charge on any atom is 0.222 e. The molecule has 1 fully saturated rings. The Hall–Kier alpha value is -1.55. The van der Waals surface area contributed by atoms with Crippen molar-refractivity contribution in [1.29, 1.82) is 0 Å². The molecule has 1 aromatic carbocycles. The van der Waals surface area contributed by atoms with E-state index in [4.69, 9.17) is 4.74 Å². The van der Waals surface area contributed by atoms with Crippen LogP contribution in [0.3, 0.4) is 0 Å². The molecule has 1 heterocycles. The molecule has 1 aliphatic heterocycles. The Morgan fingerprint density at radius 2 is 1.88 bits per heavy atom. The number of nitrogens with zero attached hydrogens (tertiary/aromatic N) is 2. The van der Waals surface area contributed by atoms with Gasteiger partial charge in [-0.05, 0) is 69.8 Å². The number of hydrogen-bond donors (Lipinski definition) is 0. The molecule has 1 atom stereocenters.